The molecule has 1 aliphatic rings. The predicted octanol–water partition coefficient (Wildman–Crippen LogP) is 3.93. The number of anilines is 1. The molecule has 0 radical (unpaired) electrons. The molecule has 0 spiro atoms. The zero-order valence-electron chi connectivity index (χ0n) is 15.9. The summed E-state index contributed by atoms with van der Waals surface area (Å²) in [6, 6.07) is 10.6. The highest BCUT2D eigenvalue weighted by molar-refractivity contribution is 7.89. The van der Waals surface area contributed by atoms with E-state index in [1.807, 2.05) is 0 Å². The largest absolute Gasteiger partial charge is 0.337 e. The number of rotatable bonds is 5. The molecule has 1 aliphatic heterocycles. The van der Waals surface area contributed by atoms with E-state index in [-0.39, 0.29) is 16.1 Å². The Labute approximate surface area is 172 Å². The molecule has 158 valence electrons. The number of aromatic amines is 1. The Morgan fingerprint density at radius 3 is 2.57 bits per heavy atom. The minimum absolute atomic E-state index is 0.0304. The summed E-state index contributed by atoms with van der Waals surface area (Å²) in [5.41, 5.74) is 0.977. The second-order valence-corrected chi connectivity index (χ2v) is 8.98. The molecule has 2 N–H and O–H groups in total. The van der Waals surface area contributed by atoms with Crippen molar-refractivity contribution in [3.63, 3.8) is 0 Å². The molecule has 4 rings (SSSR count). The topological polar surface area (TPSA) is 95.2 Å². The van der Waals surface area contributed by atoms with Crippen molar-refractivity contribution in [1.29, 1.82) is 0 Å². The lowest BCUT2D eigenvalue weighted by Gasteiger charge is -2.26. The summed E-state index contributed by atoms with van der Waals surface area (Å²) >= 11 is 0. The Morgan fingerprint density at radius 2 is 1.83 bits per heavy atom. The number of alkyl halides is 2. The number of nitrogens with one attached hydrogen (secondary N) is 2. The summed E-state index contributed by atoms with van der Waals surface area (Å²) in [7, 11) is -3.74. The van der Waals surface area contributed by atoms with Gasteiger partial charge in [0, 0.05) is 18.7 Å². The molecule has 1 fully saturated rings. The lowest BCUT2D eigenvalue weighted by molar-refractivity contribution is 0.102. The van der Waals surface area contributed by atoms with Crippen LogP contribution in [-0.2, 0) is 10.0 Å². The van der Waals surface area contributed by atoms with Crippen molar-refractivity contribution in [3.05, 3.63) is 53.9 Å². The molecular formula is C20H20F2N4O3S. The van der Waals surface area contributed by atoms with Crippen LogP contribution >= 0.6 is 0 Å². The lowest BCUT2D eigenvalue weighted by Crippen LogP contribution is -2.36. The van der Waals surface area contributed by atoms with Crippen LogP contribution in [-0.4, -0.2) is 41.7 Å². The van der Waals surface area contributed by atoms with Crippen LogP contribution in [0.5, 0.6) is 0 Å². The fourth-order valence-electron chi connectivity index (χ4n) is 3.51. The van der Waals surface area contributed by atoms with Crippen molar-refractivity contribution in [3.8, 4) is 0 Å². The number of aromatic nitrogens is 2. The molecule has 3 aromatic rings. The average Bonchev–Trinajstić information content (AvgIpc) is 3.18. The van der Waals surface area contributed by atoms with Gasteiger partial charge in [-0.25, -0.2) is 22.2 Å². The summed E-state index contributed by atoms with van der Waals surface area (Å²) in [6.07, 6.45) is -0.147. The van der Waals surface area contributed by atoms with Gasteiger partial charge in [0.25, 0.3) is 12.3 Å². The van der Waals surface area contributed by atoms with E-state index in [0.29, 0.717) is 24.1 Å². The molecule has 0 unspecified atom stereocenters. The Bertz CT molecular complexity index is 1190. The number of halogens is 2. The molecule has 1 saturated heterocycles. The maximum Gasteiger partial charge on any atom is 0.295 e. The van der Waals surface area contributed by atoms with Crippen molar-refractivity contribution < 1.29 is 22.0 Å². The number of fused-ring (bicyclic) bond motifs is 1. The first-order valence-electron chi connectivity index (χ1n) is 9.54. The van der Waals surface area contributed by atoms with Crippen molar-refractivity contribution in [1.82, 2.24) is 14.3 Å². The average molecular weight is 434 g/mol. The second-order valence-electron chi connectivity index (χ2n) is 7.07. The van der Waals surface area contributed by atoms with E-state index in [4.69, 9.17) is 0 Å². The van der Waals surface area contributed by atoms with Gasteiger partial charge in [0.15, 0.2) is 5.82 Å². The first-order valence-corrected chi connectivity index (χ1v) is 11.0. The van der Waals surface area contributed by atoms with Crippen LogP contribution in [0.1, 0.15) is 41.9 Å². The van der Waals surface area contributed by atoms with Crippen molar-refractivity contribution in [2.75, 3.05) is 18.4 Å². The van der Waals surface area contributed by atoms with E-state index in [0.717, 1.165) is 19.3 Å². The van der Waals surface area contributed by atoms with Crippen molar-refractivity contribution in [2.24, 2.45) is 0 Å². The second kappa shape index (κ2) is 8.11. The number of benzene rings is 2. The van der Waals surface area contributed by atoms with Crippen LogP contribution in [0, 0.1) is 0 Å². The number of hydrogen-bond donors (Lipinski definition) is 2. The van der Waals surface area contributed by atoms with E-state index in [1.54, 1.807) is 12.1 Å². The van der Waals surface area contributed by atoms with Gasteiger partial charge in [-0.05, 0) is 43.2 Å². The Hall–Kier alpha value is -2.85. The third-order valence-electron chi connectivity index (χ3n) is 5.04. The van der Waals surface area contributed by atoms with Gasteiger partial charge in [0.1, 0.15) is 4.90 Å². The highest BCUT2D eigenvalue weighted by atomic mass is 32.2. The molecule has 0 aliphatic carbocycles. The number of sulfonamides is 1. The third kappa shape index (κ3) is 3.92. The van der Waals surface area contributed by atoms with Gasteiger partial charge < -0.3 is 10.3 Å². The SMILES string of the molecule is O=C(Nc1ccccc1S(=O)(=O)N1CCCCC1)c1ccc2nc(C(F)F)[nH]c2c1. The van der Waals surface area contributed by atoms with E-state index in [2.05, 4.69) is 15.3 Å². The first-order chi connectivity index (χ1) is 14.4. The van der Waals surface area contributed by atoms with Crippen molar-refractivity contribution in [2.45, 2.75) is 30.6 Å². The monoisotopic (exact) mass is 434 g/mol. The molecule has 2 aromatic carbocycles. The number of para-hydroxylation sites is 1. The summed E-state index contributed by atoms with van der Waals surface area (Å²) in [6.45, 7) is 0.904. The zero-order valence-corrected chi connectivity index (χ0v) is 16.8. The number of piperidine rings is 1. The van der Waals surface area contributed by atoms with Gasteiger partial charge in [0.05, 0.1) is 16.7 Å². The molecule has 30 heavy (non-hydrogen) atoms. The number of carbonyl (C=O) groups is 1. The van der Waals surface area contributed by atoms with Gasteiger partial charge in [-0.3, -0.25) is 4.79 Å². The number of amides is 1. The maximum absolute atomic E-state index is 13.1. The summed E-state index contributed by atoms with van der Waals surface area (Å²) in [4.78, 5) is 19.0. The fourth-order valence-corrected chi connectivity index (χ4v) is 5.17. The van der Waals surface area contributed by atoms with Crippen LogP contribution in [0.4, 0.5) is 14.5 Å². The Balaban J connectivity index is 1.62. The van der Waals surface area contributed by atoms with E-state index in [9.17, 15) is 22.0 Å². The zero-order chi connectivity index (χ0) is 21.3. The summed E-state index contributed by atoms with van der Waals surface area (Å²) in [5.74, 6) is -1.02. The highest BCUT2D eigenvalue weighted by Gasteiger charge is 2.28. The number of nitrogens with zero attached hydrogens (tertiary/aromatic N) is 2. The van der Waals surface area contributed by atoms with Crippen LogP contribution in [0.25, 0.3) is 11.0 Å². The van der Waals surface area contributed by atoms with E-state index < -0.39 is 28.2 Å². The van der Waals surface area contributed by atoms with Gasteiger partial charge in [-0.1, -0.05) is 18.6 Å². The predicted molar refractivity (Wildman–Crippen MR) is 108 cm³/mol. The van der Waals surface area contributed by atoms with Crippen LogP contribution in [0.15, 0.2) is 47.4 Å². The third-order valence-corrected chi connectivity index (χ3v) is 6.99. The molecule has 2 heterocycles. The fraction of sp³-hybridized carbons (Fsp3) is 0.300. The number of H-pyrrole nitrogens is 1. The number of hydrogen-bond acceptors (Lipinski definition) is 4. The number of imidazole rings is 1. The smallest absolute Gasteiger partial charge is 0.295 e. The Kier molecular flexibility index (Phi) is 5.52. The van der Waals surface area contributed by atoms with Crippen LogP contribution < -0.4 is 5.32 Å². The molecule has 0 bridgehead atoms. The Morgan fingerprint density at radius 1 is 1.10 bits per heavy atom. The molecule has 1 aromatic heterocycles. The summed E-state index contributed by atoms with van der Waals surface area (Å²) in [5, 5.41) is 2.64. The van der Waals surface area contributed by atoms with E-state index in [1.165, 1.54) is 34.6 Å². The molecule has 1 amide bonds. The molecule has 7 nitrogen and oxygen atoms in total. The first kappa shape index (κ1) is 20.4. The highest BCUT2D eigenvalue weighted by Crippen LogP contribution is 2.27. The molecule has 0 atom stereocenters. The molecule has 0 saturated carbocycles. The number of carbonyl (C=O) groups excluding carboxylic acids is 1. The van der Waals surface area contributed by atoms with Gasteiger partial charge in [0.2, 0.25) is 10.0 Å². The minimum Gasteiger partial charge on any atom is -0.337 e. The molecule has 10 heteroatoms. The van der Waals surface area contributed by atoms with E-state index >= 15 is 0 Å². The quantitative estimate of drug-likeness (QED) is 0.636. The standard InChI is InChI=1S/C20H20F2N4O3S/c21-18(22)19-23-14-9-8-13(12-16(14)24-19)20(27)25-15-6-2-3-7-17(15)30(28,29)26-10-4-1-5-11-26/h2-3,6-9,12,18H,1,4-5,10-11H2,(H,23,24)(H,25,27). The van der Waals surface area contributed by atoms with Crippen molar-refractivity contribution >= 4 is 32.7 Å². The lowest BCUT2D eigenvalue weighted by atomic mass is 10.2. The summed E-state index contributed by atoms with van der Waals surface area (Å²) < 4.78 is 53.2. The molecular weight excluding hydrogens is 414 g/mol. The maximum atomic E-state index is 13.1. The van der Waals surface area contributed by atoms with Gasteiger partial charge in [-0.15, -0.1) is 0 Å². The minimum atomic E-state index is -3.74. The van der Waals surface area contributed by atoms with Gasteiger partial charge >= 0.3 is 0 Å². The van der Waals surface area contributed by atoms with Gasteiger partial charge in [-0.2, -0.15) is 4.31 Å². The van der Waals surface area contributed by atoms with Crippen LogP contribution in [0.3, 0.4) is 0 Å². The normalized spacial score (nSPS) is 15.6. The van der Waals surface area contributed by atoms with Crippen LogP contribution in [0.2, 0.25) is 0 Å².